The van der Waals surface area contributed by atoms with Crippen LogP contribution in [0.25, 0.3) is 0 Å². The minimum atomic E-state index is -0.201. The standard InChI is InChI=1S/C23H27N3O2S/c1-2-16-6-8-17(9-7-16)24-22(29)26-25-20-15-23(12-4-3-5-13-23)28-21-11-10-18(27)14-19(20)21/h6-11,14,27H,2-5,12-13,15H2,1H3,(H2,24,26,29)/b25-20+. The molecule has 0 bridgehead atoms. The molecule has 0 unspecified atom stereocenters. The first kappa shape index (κ1) is 19.7. The Morgan fingerprint density at radius 3 is 2.62 bits per heavy atom. The molecular formula is C23H27N3O2S. The van der Waals surface area contributed by atoms with E-state index in [4.69, 9.17) is 17.0 Å². The molecule has 2 aromatic carbocycles. The molecule has 1 saturated carbocycles. The van der Waals surface area contributed by atoms with Crippen LogP contribution in [0.1, 0.15) is 56.6 Å². The summed E-state index contributed by atoms with van der Waals surface area (Å²) in [7, 11) is 0. The van der Waals surface area contributed by atoms with Crippen molar-refractivity contribution in [2.24, 2.45) is 5.10 Å². The maximum absolute atomic E-state index is 9.95. The molecule has 29 heavy (non-hydrogen) atoms. The number of hydrazone groups is 1. The number of hydrogen-bond acceptors (Lipinski definition) is 4. The number of thiocarbonyl (C=S) groups is 1. The summed E-state index contributed by atoms with van der Waals surface area (Å²) >= 11 is 5.43. The highest BCUT2D eigenvalue weighted by Crippen LogP contribution is 2.42. The predicted molar refractivity (Wildman–Crippen MR) is 121 cm³/mol. The molecule has 1 aliphatic carbocycles. The number of hydrogen-bond donors (Lipinski definition) is 3. The Morgan fingerprint density at radius 2 is 1.90 bits per heavy atom. The molecule has 0 saturated heterocycles. The Labute approximate surface area is 177 Å². The van der Waals surface area contributed by atoms with Crippen LogP contribution in [-0.4, -0.2) is 21.5 Å². The zero-order valence-corrected chi connectivity index (χ0v) is 17.5. The summed E-state index contributed by atoms with van der Waals surface area (Å²) < 4.78 is 6.40. The fraction of sp³-hybridized carbons (Fsp3) is 0.391. The highest BCUT2D eigenvalue weighted by Gasteiger charge is 2.40. The van der Waals surface area contributed by atoms with Crippen LogP contribution in [-0.2, 0) is 6.42 Å². The maximum atomic E-state index is 9.95. The molecule has 0 aromatic heterocycles. The van der Waals surface area contributed by atoms with Crippen LogP contribution in [0.15, 0.2) is 47.6 Å². The summed E-state index contributed by atoms with van der Waals surface area (Å²) in [4.78, 5) is 0. The Balaban J connectivity index is 1.52. The van der Waals surface area contributed by atoms with Crippen molar-refractivity contribution in [2.45, 2.75) is 57.5 Å². The van der Waals surface area contributed by atoms with Gasteiger partial charge in [-0.1, -0.05) is 25.5 Å². The molecule has 4 rings (SSSR count). The van der Waals surface area contributed by atoms with Crippen LogP contribution in [0.5, 0.6) is 11.5 Å². The monoisotopic (exact) mass is 409 g/mol. The Morgan fingerprint density at radius 1 is 1.14 bits per heavy atom. The molecule has 0 amide bonds. The number of phenolic OH excluding ortho intramolecular Hbond substituents is 1. The molecule has 1 aliphatic heterocycles. The van der Waals surface area contributed by atoms with E-state index in [1.54, 1.807) is 12.1 Å². The van der Waals surface area contributed by atoms with Gasteiger partial charge in [0.15, 0.2) is 5.11 Å². The van der Waals surface area contributed by atoms with E-state index in [-0.39, 0.29) is 11.4 Å². The van der Waals surface area contributed by atoms with Crippen molar-refractivity contribution in [2.75, 3.05) is 5.32 Å². The fourth-order valence-electron chi connectivity index (χ4n) is 4.18. The van der Waals surface area contributed by atoms with E-state index in [9.17, 15) is 5.11 Å². The van der Waals surface area contributed by atoms with E-state index in [0.717, 1.165) is 42.0 Å². The van der Waals surface area contributed by atoms with Gasteiger partial charge in [0.2, 0.25) is 0 Å². The number of benzene rings is 2. The van der Waals surface area contributed by atoms with Crippen molar-refractivity contribution >= 4 is 28.7 Å². The average molecular weight is 410 g/mol. The Kier molecular flexibility index (Phi) is 5.72. The number of nitrogens with zero attached hydrogens (tertiary/aromatic N) is 1. The molecule has 2 aromatic rings. The van der Waals surface area contributed by atoms with E-state index >= 15 is 0 Å². The predicted octanol–water partition coefficient (Wildman–Crippen LogP) is 5.13. The van der Waals surface area contributed by atoms with E-state index in [1.165, 1.54) is 24.8 Å². The molecular weight excluding hydrogens is 382 g/mol. The highest BCUT2D eigenvalue weighted by atomic mass is 32.1. The fourth-order valence-corrected chi connectivity index (χ4v) is 4.34. The molecule has 3 N–H and O–H groups in total. The average Bonchev–Trinajstić information content (AvgIpc) is 2.73. The largest absolute Gasteiger partial charge is 0.508 e. The number of ether oxygens (including phenoxy) is 1. The SMILES string of the molecule is CCc1ccc(NC(=S)N/N=C2\CC3(CCCCC3)Oc3ccc(O)cc32)cc1. The minimum Gasteiger partial charge on any atom is -0.508 e. The van der Waals surface area contributed by atoms with Gasteiger partial charge in [-0.05, 0) is 80.2 Å². The molecule has 152 valence electrons. The summed E-state index contributed by atoms with van der Waals surface area (Å²) in [6.07, 6.45) is 7.36. The zero-order chi connectivity index (χ0) is 20.3. The van der Waals surface area contributed by atoms with Gasteiger partial charge in [0, 0.05) is 17.7 Å². The van der Waals surface area contributed by atoms with Gasteiger partial charge >= 0.3 is 0 Å². The summed E-state index contributed by atoms with van der Waals surface area (Å²) in [5.74, 6) is 0.988. The zero-order valence-electron chi connectivity index (χ0n) is 16.7. The van der Waals surface area contributed by atoms with E-state index in [1.807, 2.05) is 18.2 Å². The first-order valence-electron chi connectivity index (χ1n) is 10.3. The summed E-state index contributed by atoms with van der Waals surface area (Å²) in [5, 5.41) is 18.2. The lowest BCUT2D eigenvalue weighted by atomic mass is 9.78. The van der Waals surface area contributed by atoms with Gasteiger partial charge in [0.25, 0.3) is 0 Å². The second-order valence-electron chi connectivity index (χ2n) is 7.88. The van der Waals surface area contributed by atoms with Gasteiger partial charge in [0.05, 0.1) is 5.71 Å². The third kappa shape index (κ3) is 4.53. The lowest BCUT2D eigenvalue weighted by Gasteiger charge is -2.41. The van der Waals surface area contributed by atoms with Crippen LogP contribution in [0.3, 0.4) is 0 Å². The Hall–Kier alpha value is -2.60. The number of nitrogens with one attached hydrogen (secondary N) is 2. The molecule has 2 aliphatic rings. The molecule has 1 fully saturated rings. The first-order chi connectivity index (χ1) is 14.1. The molecule has 0 atom stereocenters. The van der Waals surface area contributed by atoms with Gasteiger partial charge in [-0.15, -0.1) is 0 Å². The number of phenols is 1. The summed E-state index contributed by atoms with van der Waals surface area (Å²) in [5.41, 5.74) is 6.68. The third-order valence-electron chi connectivity index (χ3n) is 5.77. The van der Waals surface area contributed by atoms with Crippen molar-refractivity contribution in [3.8, 4) is 11.5 Å². The highest BCUT2D eigenvalue weighted by molar-refractivity contribution is 7.80. The second-order valence-corrected chi connectivity index (χ2v) is 8.29. The number of anilines is 1. The summed E-state index contributed by atoms with van der Waals surface area (Å²) in [6.45, 7) is 2.13. The first-order valence-corrected chi connectivity index (χ1v) is 10.7. The molecule has 0 radical (unpaired) electrons. The quantitative estimate of drug-likeness (QED) is 0.484. The number of aryl methyl sites for hydroxylation is 1. The third-order valence-corrected chi connectivity index (χ3v) is 5.96. The van der Waals surface area contributed by atoms with Crippen LogP contribution in [0, 0.1) is 0 Å². The van der Waals surface area contributed by atoms with E-state index < -0.39 is 0 Å². The van der Waals surface area contributed by atoms with Crippen molar-refractivity contribution in [3.63, 3.8) is 0 Å². The molecule has 1 spiro atoms. The number of fused-ring (bicyclic) bond motifs is 1. The number of aromatic hydroxyl groups is 1. The molecule has 5 nitrogen and oxygen atoms in total. The number of rotatable bonds is 3. The van der Waals surface area contributed by atoms with Crippen molar-refractivity contribution in [1.82, 2.24) is 5.43 Å². The van der Waals surface area contributed by atoms with Crippen LogP contribution < -0.4 is 15.5 Å². The molecule has 6 heteroatoms. The van der Waals surface area contributed by atoms with E-state index in [0.29, 0.717) is 11.5 Å². The van der Waals surface area contributed by atoms with Crippen LogP contribution in [0.2, 0.25) is 0 Å². The van der Waals surface area contributed by atoms with Gasteiger partial charge in [-0.3, -0.25) is 5.43 Å². The molecule has 1 heterocycles. The van der Waals surface area contributed by atoms with E-state index in [2.05, 4.69) is 34.9 Å². The van der Waals surface area contributed by atoms with Gasteiger partial charge in [0.1, 0.15) is 17.1 Å². The van der Waals surface area contributed by atoms with Crippen LogP contribution in [0.4, 0.5) is 5.69 Å². The maximum Gasteiger partial charge on any atom is 0.191 e. The van der Waals surface area contributed by atoms with Crippen molar-refractivity contribution < 1.29 is 9.84 Å². The Bertz CT molecular complexity index is 918. The normalized spacial score (nSPS) is 18.7. The van der Waals surface area contributed by atoms with Crippen molar-refractivity contribution in [3.05, 3.63) is 53.6 Å². The topological polar surface area (TPSA) is 65.9 Å². The van der Waals surface area contributed by atoms with Gasteiger partial charge in [-0.25, -0.2) is 0 Å². The summed E-state index contributed by atoms with van der Waals surface area (Å²) in [6, 6.07) is 13.4. The second kappa shape index (κ2) is 8.41. The van der Waals surface area contributed by atoms with Gasteiger partial charge < -0.3 is 15.2 Å². The van der Waals surface area contributed by atoms with Crippen molar-refractivity contribution in [1.29, 1.82) is 0 Å². The van der Waals surface area contributed by atoms with Crippen LogP contribution >= 0.6 is 12.2 Å². The lowest BCUT2D eigenvalue weighted by Crippen LogP contribution is -2.44. The van der Waals surface area contributed by atoms with Gasteiger partial charge in [-0.2, -0.15) is 5.10 Å². The lowest BCUT2D eigenvalue weighted by molar-refractivity contribution is 0.0320. The smallest absolute Gasteiger partial charge is 0.191 e. The minimum absolute atomic E-state index is 0.201.